The summed E-state index contributed by atoms with van der Waals surface area (Å²) in [5.74, 6) is 2.02. The van der Waals surface area contributed by atoms with E-state index in [4.69, 9.17) is 25.9 Å². The van der Waals surface area contributed by atoms with Crippen LogP contribution in [0.2, 0.25) is 0 Å². The molecule has 0 atom stereocenters. The van der Waals surface area contributed by atoms with Crippen molar-refractivity contribution in [3.63, 3.8) is 0 Å². The van der Waals surface area contributed by atoms with E-state index in [0.717, 1.165) is 55.3 Å². The highest BCUT2D eigenvalue weighted by molar-refractivity contribution is 7.71. The number of piperazine rings is 1. The maximum atomic E-state index is 5.70. The van der Waals surface area contributed by atoms with Gasteiger partial charge in [-0.2, -0.15) is 4.98 Å². The number of para-hydroxylation sites is 2. The third-order valence-corrected chi connectivity index (χ3v) is 5.86. The van der Waals surface area contributed by atoms with E-state index < -0.39 is 0 Å². The van der Waals surface area contributed by atoms with Gasteiger partial charge in [-0.3, -0.25) is 14.4 Å². The van der Waals surface area contributed by atoms with Gasteiger partial charge < -0.3 is 13.7 Å². The smallest absolute Gasteiger partial charge is 0.270 e. The average molecular weight is 438 g/mol. The van der Waals surface area contributed by atoms with Gasteiger partial charge in [0.05, 0.1) is 25.8 Å². The zero-order chi connectivity index (χ0) is 21.2. The molecule has 0 radical (unpaired) electrons. The lowest BCUT2D eigenvalue weighted by Crippen LogP contribution is -2.46. The molecule has 0 bridgehead atoms. The van der Waals surface area contributed by atoms with Crippen LogP contribution in [-0.4, -0.2) is 57.8 Å². The molecule has 0 unspecified atom stereocenters. The zero-order valence-corrected chi connectivity index (χ0v) is 18.0. The quantitative estimate of drug-likeness (QED) is 0.422. The Balaban J connectivity index is 1.18. The van der Waals surface area contributed by atoms with Crippen LogP contribution in [0.25, 0.3) is 22.5 Å². The van der Waals surface area contributed by atoms with Crippen LogP contribution in [0, 0.1) is 4.84 Å². The topological polar surface area (TPSA) is 72.7 Å². The summed E-state index contributed by atoms with van der Waals surface area (Å²) in [6.45, 7) is 5.07. The minimum Gasteiger partial charge on any atom is -0.497 e. The van der Waals surface area contributed by atoms with Crippen molar-refractivity contribution in [1.29, 1.82) is 0 Å². The number of methoxy groups -OCH3 is 1. The van der Waals surface area contributed by atoms with Crippen LogP contribution in [-0.2, 0) is 13.2 Å². The molecule has 5 rings (SSSR count). The molecule has 3 heterocycles. The van der Waals surface area contributed by atoms with Gasteiger partial charge in [0.2, 0.25) is 11.7 Å². The fourth-order valence-electron chi connectivity index (χ4n) is 3.80. The van der Waals surface area contributed by atoms with Gasteiger partial charge in [0.25, 0.3) is 4.84 Å². The minimum absolute atomic E-state index is 0.514. The van der Waals surface area contributed by atoms with E-state index in [1.54, 1.807) is 7.11 Å². The second-order valence-electron chi connectivity index (χ2n) is 7.54. The summed E-state index contributed by atoms with van der Waals surface area (Å²) >= 11 is 5.41. The second kappa shape index (κ2) is 8.62. The molecule has 8 nitrogen and oxygen atoms in total. The fourth-order valence-corrected chi connectivity index (χ4v) is 4.05. The molecule has 1 saturated heterocycles. The normalized spacial score (nSPS) is 15.5. The van der Waals surface area contributed by atoms with Gasteiger partial charge in [0.15, 0.2) is 5.58 Å². The Kier molecular flexibility index (Phi) is 5.54. The van der Waals surface area contributed by atoms with Crippen molar-refractivity contribution in [3.8, 4) is 17.1 Å². The lowest BCUT2D eigenvalue weighted by molar-refractivity contribution is 0.0949. The van der Waals surface area contributed by atoms with Crippen LogP contribution in [0.15, 0.2) is 57.5 Å². The van der Waals surface area contributed by atoms with E-state index in [2.05, 4.69) is 24.5 Å². The molecule has 1 aliphatic heterocycles. The monoisotopic (exact) mass is 437 g/mol. The van der Waals surface area contributed by atoms with Crippen molar-refractivity contribution in [2.75, 3.05) is 33.3 Å². The second-order valence-corrected chi connectivity index (χ2v) is 7.89. The molecule has 160 valence electrons. The highest BCUT2D eigenvalue weighted by atomic mass is 32.1. The summed E-state index contributed by atoms with van der Waals surface area (Å²) in [4.78, 5) is 9.77. The molecule has 0 saturated carbocycles. The molecule has 2 aromatic carbocycles. The molecule has 4 aromatic rings. The van der Waals surface area contributed by atoms with E-state index in [1.165, 1.54) is 0 Å². The third kappa shape index (κ3) is 4.25. The van der Waals surface area contributed by atoms with Crippen molar-refractivity contribution in [2.24, 2.45) is 0 Å². The summed E-state index contributed by atoms with van der Waals surface area (Å²) < 4.78 is 18.4. The Hall–Kier alpha value is -3.01. The van der Waals surface area contributed by atoms with Gasteiger partial charge in [-0.1, -0.05) is 17.3 Å². The Morgan fingerprint density at radius 1 is 1.00 bits per heavy atom. The molecule has 9 heteroatoms. The first kappa shape index (κ1) is 19.9. The van der Waals surface area contributed by atoms with E-state index >= 15 is 0 Å². The van der Waals surface area contributed by atoms with Crippen LogP contribution in [0.5, 0.6) is 5.75 Å². The molecule has 0 aliphatic carbocycles. The van der Waals surface area contributed by atoms with E-state index in [1.807, 2.05) is 48.5 Å². The largest absolute Gasteiger partial charge is 0.497 e. The number of hydrogen-bond acceptors (Lipinski definition) is 8. The van der Waals surface area contributed by atoms with Gasteiger partial charge in [-0.05, 0) is 48.6 Å². The number of rotatable bonds is 6. The molecule has 0 spiro atoms. The number of benzene rings is 2. The van der Waals surface area contributed by atoms with Gasteiger partial charge in [-0.15, -0.1) is 0 Å². The minimum atomic E-state index is 0.514. The van der Waals surface area contributed by atoms with Crippen molar-refractivity contribution < 1.29 is 13.7 Å². The third-order valence-electron chi connectivity index (χ3n) is 5.56. The first-order valence-electron chi connectivity index (χ1n) is 10.2. The average Bonchev–Trinajstić information content (AvgIpc) is 3.39. The predicted octanol–water partition coefficient (Wildman–Crippen LogP) is 3.80. The first-order chi connectivity index (χ1) is 15.2. The Labute approximate surface area is 184 Å². The molecule has 0 amide bonds. The van der Waals surface area contributed by atoms with Crippen LogP contribution >= 0.6 is 12.2 Å². The fraction of sp³-hybridized carbons (Fsp3) is 0.318. The molecule has 2 aromatic heterocycles. The summed E-state index contributed by atoms with van der Waals surface area (Å²) in [6.07, 6.45) is 0. The number of aromatic nitrogens is 3. The number of ether oxygens (including phenoxy) is 1. The summed E-state index contributed by atoms with van der Waals surface area (Å²) in [7, 11) is 1.65. The highest BCUT2D eigenvalue weighted by Gasteiger charge is 2.20. The highest BCUT2D eigenvalue weighted by Crippen LogP contribution is 2.21. The zero-order valence-electron chi connectivity index (χ0n) is 17.2. The van der Waals surface area contributed by atoms with Gasteiger partial charge in [-0.25, -0.2) is 0 Å². The summed E-state index contributed by atoms with van der Waals surface area (Å²) in [6, 6.07) is 15.6. The molecular formula is C22H23N5O3S. The predicted molar refractivity (Wildman–Crippen MR) is 118 cm³/mol. The molecule has 31 heavy (non-hydrogen) atoms. The number of hydrogen-bond donors (Lipinski definition) is 0. The van der Waals surface area contributed by atoms with E-state index in [-0.39, 0.29) is 0 Å². The maximum absolute atomic E-state index is 5.70. The molecular weight excluding hydrogens is 414 g/mol. The van der Waals surface area contributed by atoms with Gasteiger partial charge in [0.1, 0.15) is 5.75 Å². The standard InChI is InChI=1S/C22H23N5O3S/c1-28-17-8-6-16(7-9-17)21-23-20(30-24-21)14-25-10-12-26(13-11-25)15-27-18-4-2-3-5-19(18)29-22(27)31/h2-9H,10-15H2,1H3. The van der Waals surface area contributed by atoms with Crippen molar-refractivity contribution in [3.05, 3.63) is 59.3 Å². The molecule has 1 aliphatic rings. The Morgan fingerprint density at radius 3 is 2.52 bits per heavy atom. The Bertz CT molecular complexity index is 1220. The van der Waals surface area contributed by atoms with Crippen LogP contribution in [0.3, 0.4) is 0 Å². The van der Waals surface area contributed by atoms with E-state index in [9.17, 15) is 0 Å². The maximum Gasteiger partial charge on any atom is 0.270 e. The lowest BCUT2D eigenvalue weighted by Gasteiger charge is -2.33. The Morgan fingerprint density at radius 2 is 1.74 bits per heavy atom. The van der Waals surface area contributed by atoms with Gasteiger partial charge >= 0.3 is 0 Å². The number of oxazole rings is 1. The van der Waals surface area contributed by atoms with Crippen LogP contribution < -0.4 is 4.74 Å². The summed E-state index contributed by atoms with van der Waals surface area (Å²) in [5.41, 5.74) is 2.77. The lowest BCUT2D eigenvalue weighted by atomic mass is 10.2. The molecule has 0 N–H and O–H groups in total. The van der Waals surface area contributed by atoms with Crippen molar-refractivity contribution in [1.82, 2.24) is 24.5 Å². The van der Waals surface area contributed by atoms with Crippen LogP contribution in [0.4, 0.5) is 0 Å². The van der Waals surface area contributed by atoms with E-state index in [0.29, 0.717) is 23.1 Å². The van der Waals surface area contributed by atoms with Crippen LogP contribution in [0.1, 0.15) is 5.89 Å². The van der Waals surface area contributed by atoms with Gasteiger partial charge in [0, 0.05) is 31.7 Å². The number of fused-ring (bicyclic) bond motifs is 1. The first-order valence-corrected chi connectivity index (χ1v) is 10.6. The molecule has 1 fully saturated rings. The SMILES string of the molecule is COc1ccc(-c2noc(CN3CCN(Cn4c(=S)oc5ccccc54)CC3)n2)cc1. The van der Waals surface area contributed by atoms with Crippen molar-refractivity contribution >= 4 is 23.3 Å². The summed E-state index contributed by atoms with van der Waals surface area (Å²) in [5, 5.41) is 4.12. The van der Waals surface area contributed by atoms with Crippen molar-refractivity contribution in [2.45, 2.75) is 13.2 Å². The number of nitrogens with zero attached hydrogens (tertiary/aromatic N) is 5.